The largest absolute Gasteiger partial charge is 0.495 e. The van der Waals surface area contributed by atoms with E-state index in [1.165, 1.54) is 23.5 Å². The Kier molecular flexibility index (Phi) is 8.21. The van der Waals surface area contributed by atoms with Crippen molar-refractivity contribution in [3.05, 3.63) is 46.2 Å². The lowest BCUT2D eigenvalue weighted by atomic mass is 10.2. The molecule has 1 N–H and O–H groups in total. The maximum Gasteiger partial charge on any atom is 0.251 e. The number of likely N-dealkylation sites (N-methyl/N-ethyl adjacent to an activating group) is 1. The molecule has 0 spiro atoms. The van der Waals surface area contributed by atoms with Crippen LogP contribution in [-0.2, 0) is 10.0 Å². The van der Waals surface area contributed by atoms with Gasteiger partial charge in [0, 0.05) is 30.1 Å². The van der Waals surface area contributed by atoms with Crippen LogP contribution in [0, 0.1) is 0 Å². The van der Waals surface area contributed by atoms with E-state index in [0.717, 1.165) is 4.88 Å². The Morgan fingerprint density at radius 1 is 1.21 bits per heavy atom. The fourth-order valence-electron chi connectivity index (χ4n) is 3.03. The van der Waals surface area contributed by atoms with Crippen molar-refractivity contribution in [2.75, 3.05) is 40.8 Å². The van der Waals surface area contributed by atoms with Crippen LogP contribution in [0.3, 0.4) is 0 Å². The van der Waals surface area contributed by atoms with Gasteiger partial charge in [-0.25, -0.2) is 8.42 Å². The number of sulfonamides is 1. The van der Waals surface area contributed by atoms with E-state index in [0.29, 0.717) is 19.6 Å². The number of carbonyl (C=O) groups excluding carboxylic acids is 1. The third-order valence-corrected chi connectivity index (χ3v) is 7.74. The summed E-state index contributed by atoms with van der Waals surface area (Å²) < 4.78 is 32.5. The van der Waals surface area contributed by atoms with E-state index in [-0.39, 0.29) is 28.2 Å². The summed E-state index contributed by atoms with van der Waals surface area (Å²) in [6.45, 7) is 4.64. The minimum atomic E-state index is -3.76. The molecular formula is C20H29N3O4S2. The smallest absolute Gasteiger partial charge is 0.251 e. The van der Waals surface area contributed by atoms with Gasteiger partial charge in [-0.3, -0.25) is 4.79 Å². The highest BCUT2D eigenvalue weighted by Gasteiger charge is 2.27. The molecule has 9 heteroatoms. The number of rotatable bonds is 10. The third-order valence-electron chi connectivity index (χ3n) is 4.70. The lowest BCUT2D eigenvalue weighted by Gasteiger charge is -2.24. The Labute approximate surface area is 177 Å². The maximum atomic E-state index is 13.0. The molecule has 0 aliphatic carbocycles. The number of ether oxygens (including phenoxy) is 1. The molecule has 2 rings (SSSR count). The molecule has 0 saturated heterocycles. The minimum Gasteiger partial charge on any atom is -0.495 e. The Hall–Kier alpha value is -1.94. The molecule has 0 radical (unpaired) electrons. The molecule has 0 aliphatic heterocycles. The first-order valence-corrected chi connectivity index (χ1v) is 11.7. The molecule has 1 heterocycles. The van der Waals surface area contributed by atoms with Gasteiger partial charge < -0.3 is 15.0 Å². The molecular weight excluding hydrogens is 410 g/mol. The van der Waals surface area contributed by atoms with Crippen LogP contribution in [0.4, 0.5) is 0 Å². The molecule has 0 aliphatic rings. The van der Waals surface area contributed by atoms with E-state index >= 15 is 0 Å². The highest BCUT2D eigenvalue weighted by atomic mass is 32.2. The molecule has 160 valence electrons. The monoisotopic (exact) mass is 439 g/mol. The topological polar surface area (TPSA) is 79.0 Å². The van der Waals surface area contributed by atoms with Gasteiger partial charge in [0.05, 0.1) is 13.2 Å². The summed E-state index contributed by atoms with van der Waals surface area (Å²) >= 11 is 1.63. The second-order valence-electron chi connectivity index (χ2n) is 6.66. The van der Waals surface area contributed by atoms with Crippen molar-refractivity contribution in [1.29, 1.82) is 0 Å². The molecule has 1 aromatic heterocycles. The van der Waals surface area contributed by atoms with Crippen LogP contribution in [0.15, 0.2) is 40.6 Å². The van der Waals surface area contributed by atoms with Crippen molar-refractivity contribution in [3.8, 4) is 5.75 Å². The van der Waals surface area contributed by atoms with Crippen molar-refractivity contribution >= 4 is 27.3 Å². The number of amides is 1. The van der Waals surface area contributed by atoms with Gasteiger partial charge in [-0.15, -0.1) is 11.3 Å². The van der Waals surface area contributed by atoms with Gasteiger partial charge in [0.25, 0.3) is 5.91 Å². The van der Waals surface area contributed by atoms with Gasteiger partial charge in [-0.2, -0.15) is 4.31 Å². The molecule has 1 aromatic carbocycles. The van der Waals surface area contributed by atoms with Crippen LogP contribution in [0.2, 0.25) is 0 Å². The molecule has 0 fully saturated rings. The molecule has 1 amide bonds. The van der Waals surface area contributed by atoms with Crippen LogP contribution >= 0.6 is 11.3 Å². The normalized spacial score (nSPS) is 12.9. The van der Waals surface area contributed by atoms with Gasteiger partial charge >= 0.3 is 0 Å². The quantitative estimate of drug-likeness (QED) is 0.616. The summed E-state index contributed by atoms with van der Waals surface area (Å²) in [5, 5.41) is 4.92. The highest BCUT2D eigenvalue weighted by molar-refractivity contribution is 7.89. The van der Waals surface area contributed by atoms with Crippen molar-refractivity contribution in [1.82, 2.24) is 14.5 Å². The fraction of sp³-hybridized carbons (Fsp3) is 0.450. The predicted molar refractivity (Wildman–Crippen MR) is 116 cm³/mol. The van der Waals surface area contributed by atoms with E-state index in [9.17, 15) is 13.2 Å². The Morgan fingerprint density at radius 3 is 2.41 bits per heavy atom. The first-order chi connectivity index (χ1) is 13.8. The standard InChI is InChI=1S/C20H29N3O4S2/c1-6-23(7-2)29(25,26)19-13-15(10-11-17(19)27-5)20(24)21-14-16(22(3)4)18-9-8-12-28-18/h8-13,16H,6-7,14H2,1-5H3,(H,21,24). The number of thiophene rings is 1. The summed E-state index contributed by atoms with van der Waals surface area (Å²) in [4.78, 5) is 15.9. The minimum absolute atomic E-state index is 0.00114. The zero-order valence-electron chi connectivity index (χ0n) is 17.5. The van der Waals surface area contributed by atoms with Crippen LogP contribution < -0.4 is 10.1 Å². The van der Waals surface area contributed by atoms with E-state index < -0.39 is 10.0 Å². The predicted octanol–water partition coefficient (Wildman–Crippen LogP) is 2.82. The Bertz CT molecular complexity index is 908. The van der Waals surface area contributed by atoms with Crippen LogP contribution in [-0.4, -0.2) is 64.4 Å². The molecule has 0 saturated carbocycles. The van der Waals surface area contributed by atoms with E-state index in [2.05, 4.69) is 5.32 Å². The van der Waals surface area contributed by atoms with E-state index in [1.54, 1.807) is 31.3 Å². The van der Waals surface area contributed by atoms with Crippen molar-refractivity contribution in [3.63, 3.8) is 0 Å². The molecule has 7 nitrogen and oxygen atoms in total. The number of nitrogens with zero attached hydrogens (tertiary/aromatic N) is 2. The first kappa shape index (κ1) is 23.3. The Morgan fingerprint density at radius 2 is 1.90 bits per heavy atom. The van der Waals surface area contributed by atoms with Gasteiger partial charge in [-0.05, 0) is 43.7 Å². The molecule has 2 aromatic rings. The van der Waals surface area contributed by atoms with E-state index in [4.69, 9.17) is 4.74 Å². The average Bonchev–Trinajstić information content (AvgIpc) is 3.22. The van der Waals surface area contributed by atoms with Gasteiger partial charge in [-0.1, -0.05) is 19.9 Å². The number of benzene rings is 1. The molecule has 29 heavy (non-hydrogen) atoms. The first-order valence-electron chi connectivity index (χ1n) is 9.42. The number of nitrogens with one attached hydrogen (secondary N) is 1. The second-order valence-corrected chi connectivity index (χ2v) is 9.55. The van der Waals surface area contributed by atoms with Crippen LogP contribution in [0.1, 0.15) is 35.1 Å². The zero-order chi connectivity index (χ0) is 21.6. The molecule has 0 bridgehead atoms. The lowest BCUT2D eigenvalue weighted by Crippen LogP contribution is -2.34. The number of hydrogen-bond acceptors (Lipinski definition) is 6. The van der Waals surface area contributed by atoms with Crippen molar-refractivity contribution in [2.45, 2.75) is 24.8 Å². The average molecular weight is 440 g/mol. The lowest BCUT2D eigenvalue weighted by molar-refractivity contribution is 0.0942. The number of methoxy groups -OCH3 is 1. The SMILES string of the molecule is CCN(CC)S(=O)(=O)c1cc(C(=O)NCC(c2cccs2)N(C)C)ccc1OC. The van der Waals surface area contributed by atoms with Crippen LogP contribution in [0.25, 0.3) is 0 Å². The summed E-state index contributed by atoms with van der Waals surface area (Å²) in [7, 11) is 1.57. The van der Waals surface area contributed by atoms with Crippen molar-refractivity contribution in [2.24, 2.45) is 0 Å². The van der Waals surface area contributed by atoms with Gasteiger partial charge in [0.15, 0.2) is 0 Å². The maximum absolute atomic E-state index is 13.0. The summed E-state index contributed by atoms with van der Waals surface area (Å²) in [6.07, 6.45) is 0. The second kappa shape index (κ2) is 10.2. The highest BCUT2D eigenvalue weighted by Crippen LogP contribution is 2.28. The summed E-state index contributed by atoms with van der Waals surface area (Å²) in [5.41, 5.74) is 0.278. The van der Waals surface area contributed by atoms with Gasteiger partial charge in [0.1, 0.15) is 10.6 Å². The van der Waals surface area contributed by atoms with Crippen molar-refractivity contribution < 1.29 is 17.9 Å². The number of hydrogen-bond donors (Lipinski definition) is 1. The molecule has 1 atom stereocenters. The summed E-state index contributed by atoms with van der Waals surface area (Å²) in [6, 6.07) is 8.53. The van der Waals surface area contributed by atoms with E-state index in [1.807, 2.05) is 36.5 Å². The molecule has 1 unspecified atom stereocenters. The third kappa shape index (κ3) is 5.36. The Balaban J connectivity index is 2.27. The van der Waals surface area contributed by atoms with Gasteiger partial charge in [0.2, 0.25) is 10.0 Å². The fourth-order valence-corrected chi connectivity index (χ4v) is 5.59. The zero-order valence-corrected chi connectivity index (χ0v) is 19.1. The van der Waals surface area contributed by atoms with Crippen LogP contribution in [0.5, 0.6) is 5.75 Å². The number of carbonyl (C=O) groups is 1. The summed E-state index contributed by atoms with van der Waals surface area (Å²) in [5.74, 6) is -0.106.